The maximum absolute atomic E-state index is 12.1. The Morgan fingerprint density at radius 1 is 1.43 bits per heavy atom. The lowest BCUT2D eigenvalue weighted by Gasteiger charge is -2.27. The van der Waals surface area contributed by atoms with Crippen LogP contribution in [0.1, 0.15) is 42.8 Å². The number of carbonyl (C=O) groups excluding carboxylic acids is 1. The molecule has 8 heteroatoms. The molecule has 2 aliphatic rings. The van der Waals surface area contributed by atoms with Crippen LogP contribution in [0, 0.1) is 0 Å². The number of aromatic nitrogens is 4. The summed E-state index contributed by atoms with van der Waals surface area (Å²) in [6, 6.07) is -0.0443. The van der Waals surface area contributed by atoms with Gasteiger partial charge in [-0.1, -0.05) is 5.16 Å². The molecule has 0 bridgehead atoms. The Hall–Kier alpha value is -2.38. The van der Waals surface area contributed by atoms with Crippen molar-refractivity contribution in [2.24, 2.45) is 7.05 Å². The van der Waals surface area contributed by atoms with Gasteiger partial charge in [0, 0.05) is 43.7 Å². The molecule has 3 heterocycles. The van der Waals surface area contributed by atoms with Crippen LogP contribution in [0.4, 0.5) is 4.79 Å². The quantitative estimate of drug-likeness (QED) is 0.925. The van der Waals surface area contributed by atoms with Gasteiger partial charge in [-0.15, -0.1) is 0 Å². The molecule has 1 N–H and O–H groups in total. The summed E-state index contributed by atoms with van der Waals surface area (Å²) < 4.78 is 7.28. The number of nitrogens with zero attached hydrogens (tertiary/aromatic N) is 5. The number of hydrogen-bond acceptors (Lipinski definition) is 5. The van der Waals surface area contributed by atoms with Crippen LogP contribution in [0.15, 0.2) is 4.52 Å². The van der Waals surface area contributed by atoms with Crippen molar-refractivity contribution in [3.05, 3.63) is 17.1 Å². The molecule has 23 heavy (non-hydrogen) atoms. The average molecular weight is 316 g/mol. The highest BCUT2D eigenvalue weighted by atomic mass is 16.5. The molecule has 0 spiro atoms. The fraction of sp³-hybridized carbons (Fsp3) is 0.600. The number of carbonyl (C=O) groups is 1. The Kier molecular flexibility index (Phi) is 3.32. The number of hydrogen-bond donors (Lipinski definition) is 1. The topological polar surface area (TPSA) is 89.1 Å². The predicted octanol–water partition coefficient (Wildman–Crippen LogP) is 1.44. The van der Waals surface area contributed by atoms with Crippen molar-refractivity contribution >= 4 is 6.03 Å². The molecule has 1 saturated carbocycles. The molecule has 1 fully saturated rings. The molecular formula is C15H20N6O2. The van der Waals surface area contributed by atoms with Crippen LogP contribution in [0.2, 0.25) is 0 Å². The van der Waals surface area contributed by atoms with Gasteiger partial charge in [-0.3, -0.25) is 4.68 Å². The first-order valence-corrected chi connectivity index (χ1v) is 8.09. The number of aryl methyl sites for hydroxylation is 1. The molecule has 0 aromatic carbocycles. The summed E-state index contributed by atoms with van der Waals surface area (Å²) in [5, 5.41) is 11.5. The number of urea groups is 1. The Balaban J connectivity index is 1.65. The molecule has 1 aliphatic heterocycles. The third-order valence-corrected chi connectivity index (χ3v) is 4.44. The van der Waals surface area contributed by atoms with E-state index >= 15 is 0 Å². The van der Waals surface area contributed by atoms with E-state index < -0.39 is 0 Å². The first-order valence-electron chi connectivity index (χ1n) is 8.09. The number of amides is 2. The smallest absolute Gasteiger partial charge is 0.317 e. The van der Waals surface area contributed by atoms with E-state index in [1.807, 2.05) is 18.7 Å². The second-order valence-corrected chi connectivity index (χ2v) is 6.14. The number of rotatable bonds is 3. The second-order valence-electron chi connectivity index (χ2n) is 6.14. The first kappa shape index (κ1) is 14.2. The van der Waals surface area contributed by atoms with Crippen LogP contribution >= 0.6 is 0 Å². The highest BCUT2D eigenvalue weighted by molar-refractivity contribution is 5.75. The molecule has 8 nitrogen and oxygen atoms in total. The zero-order chi connectivity index (χ0) is 16.0. The SMILES string of the molecule is CCNC(=O)N1CCc2c(c(-c3nc(C4CC4)no3)nn2C)C1. The van der Waals surface area contributed by atoms with E-state index in [0.717, 1.165) is 36.3 Å². The van der Waals surface area contributed by atoms with Crippen molar-refractivity contribution in [2.75, 3.05) is 13.1 Å². The summed E-state index contributed by atoms with van der Waals surface area (Å²) in [6.07, 6.45) is 3.04. The summed E-state index contributed by atoms with van der Waals surface area (Å²) in [6.45, 7) is 3.75. The number of fused-ring (bicyclic) bond motifs is 1. The lowest BCUT2D eigenvalue weighted by Crippen LogP contribution is -2.42. The summed E-state index contributed by atoms with van der Waals surface area (Å²) in [7, 11) is 1.92. The van der Waals surface area contributed by atoms with Crippen LogP contribution in [0.5, 0.6) is 0 Å². The summed E-state index contributed by atoms with van der Waals surface area (Å²) in [5.74, 6) is 1.68. The van der Waals surface area contributed by atoms with Crippen molar-refractivity contribution in [3.63, 3.8) is 0 Å². The van der Waals surface area contributed by atoms with Gasteiger partial charge in [-0.05, 0) is 19.8 Å². The molecule has 0 atom stereocenters. The third kappa shape index (κ3) is 2.47. The van der Waals surface area contributed by atoms with Gasteiger partial charge >= 0.3 is 6.03 Å². The molecule has 2 aromatic rings. The van der Waals surface area contributed by atoms with E-state index in [1.54, 1.807) is 4.90 Å². The van der Waals surface area contributed by atoms with Crippen molar-refractivity contribution in [3.8, 4) is 11.6 Å². The van der Waals surface area contributed by atoms with E-state index in [9.17, 15) is 4.79 Å². The Labute approximate surface area is 133 Å². The van der Waals surface area contributed by atoms with Gasteiger partial charge in [-0.2, -0.15) is 10.1 Å². The van der Waals surface area contributed by atoms with E-state index in [1.165, 1.54) is 0 Å². The monoisotopic (exact) mass is 316 g/mol. The minimum absolute atomic E-state index is 0.0443. The largest absolute Gasteiger partial charge is 0.338 e. The molecule has 4 rings (SSSR count). The Bertz CT molecular complexity index is 745. The summed E-state index contributed by atoms with van der Waals surface area (Å²) in [4.78, 5) is 18.4. The van der Waals surface area contributed by atoms with E-state index in [0.29, 0.717) is 37.1 Å². The third-order valence-electron chi connectivity index (χ3n) is 4.44. The van der Waals surface area contributed by atoms with E-state index in [4.69, 9.17) is 4.52 Å². The van der Waals surface area contributed by atoms with Crippen LogP contribution in [-0.4, -0.2) is 43.9 Å². The van der Waals surface area contributed by atoms with Gasteiger partial charge in [-0.25, -0.2) is 4.79 Å². The summed E-state index contributed by atoms with van der Waals surface area (Å²) in [5.41, 5.74) is 2.85. The number of nitrogens with one attached hydrogen (secondary N) is 1. The highest BCUT2D eigenvalue weighted by Crippen LogP contribution is 2.39. The van der Waals surface area contributed by atoms with Gasteiger partial charge in [0.1, 0.15) is 0 Å². The van der Waals surface area contributed by atoms with Gasteiger partial charge < -0.3 is 14.7 Å². The van der Waals surface area contributed by atoms with Crippen LogP contribution in [0.3, 0.4) is 0 Å². The highest BCUT2D eigenvalue weighted by Gasteiger charge is 2.32. The molecule has 122 valence electrons. The first-order chi connectivity index (χ1) is 11.2. The van der Waals surface area contributed by atoms with Gasteiger partial charge in [0.2, 0.25) is 0 Å². The molecule has 0 radical (unpaired) electrons. The van der Waals surface area contributed by atoms with Gasteiger partial charge in [0.05, 0.1) is 6.54 Å². The van der Waals surface area contributed by atoms with Crippen molar-refractivity contribution in [1.29, 1.82) is 0 Å². The maximum Gasteiger partial charge on any atom is 0.317 e. The molecule has 0 unspecified atom stereocenters. The molecule has 0 saturated heterocycles. The zero-order valence-electron chi connectivity index (χ0n) is 13.4. The predicted molar refractivity (Wildman–Crippen MR) is 81.7 cm³/mol. The van der Waals surface area contributed by atoms with Crippen molar-refractivity contribution < 1.29 is 9.32 Å². The fourth-order valence-corrected chi connectivity index (χ4v) is 3.04. The maximum atomic E-state index is 12.1. The minimum atomic E-state index is -0.0443. The minimum Gasteiger partial charge on any atom is -0.338 e. The van der Waals surface area contributed by atoms with Crippen LogP contribution in [-0.2, 0) is 20.0 Å². The average Bonchev–Trinajstić information content (AvgIpc) is 3.20. The normalized spacial score (nSPS) is 17.2. The molecule has 2 amide bonds. The zero-order valence-corrected chi connectivity index (χ0v) is 13.4. The molecular weight excluding hydrogens is 296 g/mol. The van der Waals surface area contributed by atoms with E-state index in [-0.39, 0.29) is 6.03 Å². The standard InChI is InChI=1S/C15H20N6O2/c1-3-16-15(22)21-7-6-11-10(8-21)12(18-20(11)2)14-17-13(19-23-14)9-4-5-9/h9H,3-8H2,1-2H3,(H,16,22). The molecule has 2 aromatic heterocycles. The van der Waals surface area contributed by atoms with Crippen LogP contribution < -0.4 is 5.32 Å². The lowest BCUT2D eigenvalue weighted by atomic mass is 10.1. The fourth-order valence-electron chi connectivity index (χ4n) is 3.04. The van der Waals surface area contributed by atoms with Gasteiger partial charge in [0.15, 0.2) is 11.5 Å². The lowest BCUT2D eigenvalue weighted by molar-refractivity contribution is 0.192. The van der Waals surface area contributed by atoms with Crippen molar-refractivity contribution in [1.82, 2.24) is 30.1 Å². The van der Waals surface area contributed by atoms with Gasteiger partial charge in [0.25, 0.3) is 5.89 Å². The van der Waals surface area contributed by atoms with E-state index in [2.05, 4.69) is 20.6 Å². The Morgan fingerprint density at radius 2 is 2.26 bits per heavy atom. The van der Waals surface area contributed by atoms with Crippen LogP contribution in [0.25, 0.3) is 11.6 Å². The molecule has 1 aliphatic carbocycles. The van der Waals surface area contributed by atoms with Crippen molar-refractivity contribution in [2.45, 2.75) is 38.6 Å². The summed E-state index contributed by atoms with van der Waals surface area (Å²) >= 11 is 0. The Morgan fingerprint density at radius 3 is 3.00 bits per heavy atom. The second kappa shape index (κ2) is 5.36.